The van der Waals surface area contributed by atoms with Crippen LogP contribution in [0.15, 0.2) is 40.8 Å². The highest BCUT2D eigenvalue weighted by molar-refractivity contribution is 7.14. The van der Waals surface area contributed by atoms with E-state index >= 15 is 0 Å². The molecule has 0 radical (unpaired) electrons. The summed E-state index contributed by atoms with van der Waals surface area (Å²) in [4.78, 5) is 29.0. The fraction of sp³-hybridized carbons (Fsp3) is 0.435. The summed E-state index contributed by atoms with van der Waals surface area (Å²) in [5, 5.41) is 14.8. The van der Waals surface area contributed by atoms with Crippen molar-refractivity contribution in [1.29, 1.82) is 0 Å². The van der Waals surface area contributed by atoms with Gasteiger partial charge in [0.1, 0.15) is 0 Å². The van der Waals surface area contributed by atoms with Crippen LogP contribution >= 0.6 is 11.3 Å². The molecule has 1 aromatic carbocycles. The van der Waals surface area contributed by atoms with Crippen LogP contribution in [0.5, 0.6) is 0 Å². The molecule has 0 fully saturated rings. The number of nitrogens with one attached hydrogen (secondary N) is 1. The normalized spacial score (nSPS) is 19.5. The largest absolute Gasteiger partial charge is 0.481 e. The van der Waals surface area contributed by atoms with Gasteiger partial charge in [0.25, 0.3) is 0 Å². The molecule has 154 valence electrons. The van der Waals surface area contributed by atoms with Crippen LogP contribution in [0.3, 0.4) is 0 Å². The van der Waals surface area contributed by atoms with Gasteiger partial charge in [-0.25, -0.2) is 4.98 Å². The molecule has 0 spiro atoms. The van der Waals surface area contributed by atoms with E-state index in [4.69, 9.17) is 0 Å². The van der Waals surface area contributed by atoms with Crippen LogP contribution in [-0.2, 0) is 16.0 Å². The summed E-state index contributed by atoms with van der Waals surface area (Å²) in [5.41, 5.74) is 5.28. The number of carbonyl (C=O) groups is 2. The number of amides is 1. The summed E-state index contributed by atoms with van der Waals surface area (Å²) in [6.45, 7) is 8.31. The number of carbonyl (C=O) groups excluding carboxylic acids is 1. The second-order valence-corrected chi connectivity index (χ2v) is 9.20. The summed E-state index contributed by atoms with van der Waals surface area (Å²) >= 11 is 1.36. The van der Waals surface area contributed by atoms with E-state index in [1.54, 1.807) is 0 Å². The Morgan fingerprint density at radius 1 is 1.14 bits per heavy atom. The maximum atomic E-state index is 12.8. The molecule has 1 heterocycles. The Bertz CT molecular complexity index is 928. The van der Waals surface area contributed by atoms with Crippen molar-refractivity contribution in [1.82, 2.24) is 4.98 Å². The lowest BCUT2D eigenvalue weighted by Crippen LogP contribution is -2.36. The molecule has 1 aliphatic carbocycles. The van der Waals surface area contributed by atoms with Crippen LogP contribution in [0.2, 0.25) is 0 Å². The average Bonchev–Trinajstić information content (AvgIpc) is 3.12. The molecular formula is C23H28N2O3S. The molecule has 2 aromatic rings. The number of carboxylic acid groups (broad SMARTS) is 1. The molecule has 0 unspecified atom stereocenters. The van der Waals surface area contributed by atoms with E-state index < -0.39 is 17.8 Å². The van der Waals surface area contributed by atoms with Crippen LogP contribution in [0.1, 0.15) is 46.1 Å². The van der Waals surface area contributed by atoms with E-state index in [-0.39, 0.29) is 5.91 Å². The summed E-state index contributed by atoms with van der Waals surface area (Å²) in [5.74, 6) is -1.83. The third-order valence-corrected chi connectivity index (χ3v) is 6.31. The van der Waals surface area contributed by atoms with Gasteiger partial charge in [0.05, 0.1) is 17.5 Å². The zero-order valence-electron chi connectivity index (χ0n) is 17.4. The fourth-order valence-electron chi connectivity index (χ4n) is 3.77. The molecule has 2 N–H and O–H groups in total. The van der Waals surface area contributed by atoms with Gasteiger partial charge in [-0.2, -0.15) is 0 Å². The molecule has 3 rings (SSSR count). The minimum Gasteiger partial charge on any atom is -0.481 e. The Morgan fingerprint density at radius 3 is 2.34 bits per heavy atom. The summed E-state index contributed by atoms with van der Waals surface area (Å²) in [6, 6.07) is 8.33. The highest BCUT2D eigenvalue weighted by atomic mass is 32.1. The van der Waals surface area contributed by atoms with E-state index in [1.165, 1.54) is 16.9 Å². The van der Waals surface area contributed by atoms with Gasteiger partial charge in [-0.15, -0.1) is 11.3 Å². The van der Waals surface area contributed by atoms with Crippen molar-refractivity contribution >= 4 is 28.3 Å². The van der Waals surface area contributed by atoms with E-state index in [0.717, 1.165) is 28.8 Å². The third-order valence-electron chi connectivity index (χ3n) is 5.55. The van der Waals surface area contributed by atoms with Gasteiger partial charge in [-0.3, -0.25) is 9.59 Å². The van der Waals surface area contributed by atoms with Gasteiger partial charge >= 0.3 is 5.97 Å². The molecular weight excluding hydrogens is 384 g/mol. The highest BCUT2D eigenvalue weighted by Crippen LogP contribution is 2.35. The van der Waals surface area contributed by atoms with Gasteiger partial charge in [0.15, 0.2) is 5.13 Å². The number of hydrogen-bond acceptors (Lipinski definition) is 4. The van der Waals surface area contributed by atoms with E-state index in [9.17, 15) is 14.7 Å². The van der Waals surface area contributed by atoms with Crippen molar-refractivity contribution in [2.45, 2.75) is 47.0 Å². The molecule has 0 aliphatic heterocycles. The maximum absolute atomic E-state index is 12.8. The molecule has 0 saturated carbocycles. The molecule has 5 nitrogen and oxygen atoms in total. The number of aromatic nitrogens is 1. The Balaban J connectivity index is 1.71. The Kier molecular flexibility index (Phi) is 6.52. The third kappa shape index (κ3) is 5.12. The molecule has 1 aliphatic rings. The Hall–Kier alpha value is -2.47. The lowest BCUT2D eigenvalue weighted by Gasteiger charge is -2.29. The highest BCUT2D eigenvalue weighted by Gasteiger charge is 2.37. The first-order chi connectivity index (χ1) is 13.7. The second-order valence-electron chi connectivity index (χ2n) is 8.34. The molecule has 2 atom stereocenters. The lowest BCUT2D eigenvalue weighted by atomic mass is 9.76. The number of carboxylic acids is 1. The second kappa shape index (κ2) is 8.91. The SMILES string of the molecule is CC1=C(C)C[C@@H](C(=O)Nc2nc(-c3ccc(CC(C)C)cc3)cs2)[C@@H](C(=O)O)C1. The molecule has 0 bridgehead atoms. The summed E-state index contributed by atoms with van der Waals surface area (Å²) in [7, 11) is 0. The number of hydrogen-bond donors (Lipinski definition) is 2. The number of thiazole rings is 1. The number of anilines is 1. The first kappa shape index (κ1) is 21.2. The topological polar surface area (TPSA) is 79.3 Å². The Morgan fingerprint density at radius 2 is 1.76 bits per heavy atom. The molecule has 6 heteroatoms. The molecule has 1 aromatic heterocycles. The number of rotatable bonds is 6. The van der Waals surface area contributed by atoms with Gasteiger partial charge in [0.2, 0.25) is 5.91 Å². The van der Waals surface area contributed by atoms with Crippen molar-refractivity contribution in [3.63, 3.8) is 0 Å². The van der Waals surface area contributed by atoms with Gasteiger partial charge in [0, 0.05) is 10.9 Å². The maximum Gasteiger partial charge on any atom is 0.307 e. The number of nitrogens with zero attached hydrogens (tertiary/aromatic N) is 1. The van der Waals surface area contributed by atoms with Crippen molar-refractivity contribution in [2.75, 3.05) is 5.32 Å². The van der Waals surface area contributed by atoms with Crippen molar-refractivity contribution in [3.8, 4) is 11.3 Å². The molecule has 1 amide bonds. The average molecular weight is 413 g/mol. The first-order valence-electron chi connectivity index (χ1n) is 9.98. The zero-order chi connectivity index (χ0) is 21.1. The van der Waals surface area contributed by atoms with Crippen molar-refractivity contribution in [3.05, 3.63) is 46.4 Å². The Labute approximate surface area is 175 Å². The quantitative estimate of drug-likeness (QED) is 0.623. The van der Waals surface area contributed by atoms with Crippen molar-refractivity contribution in [2.24, 2.45) is 17.8 Å². The fourth-order valence-corrected chi connectivity index (χ4v) is 4.49. The van der Waals surface area contributed by atoms with E-state index in [2.05, 4.69) is 48.4 Å². The van der Waals surface area contributed by atoms with Gasteiger partial charge in [-0.05, 0) is 44.6 Å². The predicted octanol–water partition coefficient (Wildman–Crippen LogP) is 5.39. The van der Waals surface area contributed by atoms with Crippen LogP contribution in [-0.4, -0.2) is 22.0 Å². The van der Waals surface area contributed by atoms with Gasteiger partial charge < -0.3 is 10.4 Å². The first-order valence-corrected chi connectivity index (χ1v) is 10.9. The number of aliphatic carboxylic acids is 1. The van der Waals surface area contributed by atoms with Crippen molar-refractivity contribution < 1.29 is 14.7 Å². The number of benzene rings is 1. The predicted molar refractivity (Wildman–Crippen MR) is 117 cm³/mol. The van der Waals surface area contributed by atoms with Crippen LogP contribution in [0, 0.1) is 17.8 Å². The monoisotopic (exact) mass is 412 g/mol. The zero-order valence-corrected chi connectivity index (χ0v) is 18.2. The lowest BCUT2D eigenvalue weighted by molar-refractivity contribution is -0.146. The van der Waals surface area contributed by atoms with E-state index in [0.29, 0.717) is 23.9 Å². The standard InChI is InChI=1S/C23H28N2O3S/c1-13(2)9-16-5-7-17(8-6-16)20-12-29-23(24-20)25-21(26)18-10-14(3)15(4)11-19(18)22(27)28/h5-8,12-13,18-19H,9-11H2,1-4H3,(H,27,28)(H,24,25,26)/t18-,19+/m1/s1. The summed E-state index contributed by atoms with van der Waals surface area (Å²) < 4.78 is 0. The van der Waals surface area contributed by atoms with Crippen LogP contribution < -0.4 is 5.32 Å². The van der Waals surface area contributed by atoms with Gasteiger partial charge in [-0.1, -0.05) is 49.3 Å². The van der Waals surface area contributed by atoms with Crippen LogP contribution in [0.25, 0.3) is 11.3 Å². The summed E-state index contributed by atoms with van der Waals surface area (Å²) in [6.07, 6.45) is 1.94. The minimum absolute atomic E-state index is 0.266. The number of allylic oxidation sites excluding steroid dienone is 2. The smallest absolute Gasteiger partial charge is 0.307 e. The molecule has 29 heavy (non-hydrogen) atoms. The minimum atomic E-state index is -0.918. The van der Waals surface area contributed by atoms with Crippen LogP contribution in [0.4, 0.5) is 5.13 Å². The molecule has 0 saturated heterocycles. The van der Waals surface area contributed by atoms with E-state index in [1.807, 2.05) is 19.2 Å².